The van der Waals surface area contributed by atoms with Gasteiger partial charge in [-0.3, -0.25) is 4.79 Å². The lowest BCUT2D eigenvalue weighted by Gasteiger charge is -2.13. The van der Waals surface area contributed by atoms with Crippen LogP contribution in [0.25, 0.3) is 6.08 Å². The zero-order valence-electron chi connectivity index (χ0n) is 11.8. The Morgan fingerprint density at radius 1 is 1.42 bits per heavy atom. The maximum Gasteiger partial charge on any atom is 0.163 e. The highest BCUT2D eigenvalue weighted by atomic mass is 16.5. The van der Waals surface area contributed by atoms with Gasteiger partial charge in [-0.15, -0.1) is 0 Å². The van der Waals surface area contributed by atoms with Crippen molar-refractivity contribution in [1.29, 1.82) is 0 Å². The second kappa shape index (κ2) is 6.02. The molecule has 1 atom stereocenters. The summed E-state index contributed by atoms with van der Waals surface area (Å²) in [5, 5.41) is 0. The highest BCUT2D eigenvalue weighted by Crippen LogP contribution is 2.29. The van der Waals surface area contributed by atoms with Crippen molar-refractivity contribution in [3.63, 3.8) is 0 Å². The van der Waals surface area contributed by atoms with E-state index in [0.29, 0.717) is 5.78 Å². The van der Waals surface area contributed by atoms with Gasteiger partial charge >= 0.3 is 0 Å². The summed E-state index contributed by atoms with van der Waals surface area (Å²) in [5.41, 5.74) is 1.98. The quantitative estimate of drug-likeness (QED) is 0.778. The van der Waals surface area contributed by atoms with Gasteiger partial charge in [0.15, 0.2) is 5.78 Å². The number of nitrogens with zero attached hydrogens (tertiary/aromatic N) is 1. The van der Waals surface area contributed by atoms with Gasteiger partial charge in [-0.05, 0) is 56.3 Å². The first-order chi connectivity index (χ1) is 9.10. The van der Waals surface area contributed by atoms with Gasteiger partial charge in [0.05, 0.1) is 7.11 Å². The lowest BCUT2D eigenvalue weighted by molar-refractivity contribution is -0.118. The third-order valence-corrected chi connectivity index (χ3v) is 3.47. The predicted molar refractivity (Wildman–Crippen MR) is 77.3 cm³/mol. The lowest BCUT2D eigenvalue weighted by atomic mass is 10.0. The number of hydrogen-bond donors (Lipinski definition) is 0. The Hall–Kier alpha value is -1.61. The van der Waals surface area contributed by atoms with Crippen LogP contribution in [0.3, 0.4) is 0 Å². The normalized spacial score (nSPS) is 21.4. The molecular weight excluding hydrogens is 238 g/mol. The molecule has 1 aliphatic carbocycles. The molecule has 102 valence electrons. The molecule has 3 heteroatoms. The second-order valence-corrected chi connectivity index (χ2v) is 5.31. The van der Waals surface area contributed by atoms with Crippen LogP contribution in [0.15, 0.2) is 29.8 Å². The molecule has 1 aliphatic rings. The van der Waals surface area contributed by atoms with Crippen LogP contribution in [-0.4, -0.2) is 38.4 Å². The van der Waals surface area contributed by atoms with E-state index in [-0.39, 0.29) is 5.92 Å². The minimum atomic E-state index is 0.159. The Morgan fingerprint density at radius 3 is 2.89 bits per heavy atom. The van der Waals surface area contributed by atoms with Crippen molar-refractivity contribution in [1.82, 2.24) is 4.90 Å². The molecule has 2 rings (SSSR count). The molecule has 0 radical (unpaired) electrons. The van der Waals surface area contributed by atoms with Gasteiger partial charge in [-0.25, -0.2) is 0 Å². The molecule has 1 fully saturated rings. The van der Waals surface area contributed by atoms with E-state index in [2.05, 4.69) is 4.90 Å². The van der Waals surface area contributed by atoms with Crippen LogP contribution in [-0.2, 0) is 4.79 Å². The predicted octanol–water partition coefficient (Wildman–Crippen LogP) is 2.62. The third-order valence-electron chi connectivity index (χ3n) is 3.47. The highest BCUT2D eigenvalue weighted by Gasteiger charge is 2.29. The Bertz CT molecular complexity index is 491. The maximum atomic E-state index is 12.3. The summed E-state index contributed by atoms with van der Waals surface area (Å²) in [5.74, 6) is 1.29. The maximum absolute atomic E-state index is 12.3. The molecule has 1 aromatic rings. The van der Waals surface area contributed by atoms with Gasteiger partial charge in [0.2, 0.25) is 0 Å². The van der Waals surface area contributed by atoms with Gasteiger partial charge < -0.3 is 9.64 Å². The van der Waals surface area contributed by atoms with Gasteiger partial charge in [0, 0.05) is 12.5 Å². The SMILES string of the molecule is COc1cccc(/C=C2\CC[C@@H](CN(C)C)C2=O)c1. The van der Waals surface area contributed by atoms with Gasteiger partial charge in [0.25, 0.3) is 0 Å². The molecule has 0 unspecified atom stereocenters. The van der Waals surface area contributed by atoms with Crippen molar-refractivity contribution in [3.8, 4) is 5.75 Å². The Balaban J connectivity index is 2.14. The number of ether oxygens (including phenoxy) is 1. The molecular formula is C16H21NO2. The summed E-state index contributed by atoms with van der Waals surface area (Å²) in [7, 11) is 5.67. The summed E-state index contributed by atoms with van der Waals surface area (Å²) < 4.78 is 5.20. The Labute approximate surface area is 114 Å². The number of carbonyl (C=O) groups excluding carboxylic acids is 1. The van der Waals surface area contributed by atoms with Crippen molar-refractivity contribution < 1.29 is 9.53 Å². The smallest absolute Gasteiger partial charge is 0.163 e. The van der Waals surface area contributed by atoms with Crippen LogP contribution in [0.5, 0.6) is 5.75 Å². The first-order valence-electron chi connectivity index (χ1n) is 6.63. The Kier molecular flexibility index (Phi) is 4.38. The van der Waals surface area contributed by atoms with E-state index in [9.17, 15) is 4.79 Å². The Morgan fingerprint density at radius 2 is 2.21 bits per heavy atom. The monoisotopic (exact) mass is 259 g/mol. The van der Waals surface area contributed by atoms with Crippen molar-refractivity contribution in [2.24, 2.45) is 5.92 Å². The van der Waals surface area contributed by atoms with Crippen LogP contribution in [0.4, 0.5) is 0 Å². The van der Waals surface area contributed by atoms with Gasteiger partial charge in [-0.2, -0.15) is 0 Å². The zero-order chi connectivity index (χ0) is 13.8. The van der Waals surface area contributed by atoms with Crippen molar-refractivity contribution in [3.05, 3.63) is 35.4 Å². The fraction of sp³-hybridized carbons (Fsp3) is 0.438. The first kappa shape index (κ1) is 13.8. The lowest BCUT2D eigenvalue weighted by Crippen LogP contribution is -2.24. The van der Waals surface area contributed by atoms with Crippen molar-refractivity contribution in [2.45, 2.75) is 12.8 Å². The highest BCUT2D eigenvalue weighted by molar-refractivity contribution is 6.03. The molecule has 0 spiro atoms. The standard InChI is InChI=1S/C16H21NO2/c1-17(2)11-14-8-7-13(16(14)18)9-12-5-4-6-15(10-12)19-3/h4-6,9-10,14H,7-8,11H2,1-3H3/b13-9+/t14-/m0/s1. The largest absolute Gasteiger partial charge is 0.497 e. The zero-order valence-corrected chi connectivity index (χ0v) is 11.8. The van der Waals surface area contributed by atoms with E-state index >= 15 is 0 Å². The number of Topliss-reactive ketones (excluding diaryl/α,β-unsaturated/α-hetero) is 1. The van der Waals surface area contributed by atoms with E-state index < -0.39 is 0 Å². The minimum Gasteiger partial charge on any atom is -0.497 e. The topological polar surface area (TPSA) is 29.5 Å². The number of ketones is 1. The van der Waals surface area contributed by atoms with E-state index in [4.69, 9.17) is 4.74 Å². The minimum absolute atomic E-state index is 0.159. The number of methoxy groups -OCH3 is 1. The summed E-state index contributed by atoms with van der Waals surface area (Å²) in [4.78, 5) is 14.4. The fourth-order valence-electron chi connectivity index (χ4n) is 2.54. The molecule has 0 amide bonds. The number of allylic oxidation sites excluding steroid dienone is 1. The van der Waals surface area contributed by atoms with E-state index in [0.717, 1.165) is 36.3 Å². The van der Waals surface area contributed by atoms with E-state index in [1.807, 2.05) is 44.4 Å². The van der Waals surface area contributed by atoms with Crippen LogP contribution in [0.2, 0.25) is 0 Å². The molecule has 3 nitrogen and oxygen atoms in total. The average Bonchev–Trinajstić information content (AvgIpc) is 2.71. The summed E-state index contributed by atoms with van der Waals surface area (Å²) in [6.45, 7) is 0.842. The van der Waals surface area contributed by atoms with E-state index in [1.165, 1.54) is 0 Å². The molecule has 0 saturated heterocycles. The first-order valence-corrected chi connectivity index (χ1v) is 6.63. The number of benzene rings is 1. The van der Waals surface area contributed by atoms with Crippen molar-refractivity contribution in [2.75, 3.05) is 27.7 Å². The number of hydrogen-bond acceptors (Lipinski definition) is 3. The molecule has 1 saturated carbocycles. The van der Waals surface area contributed by atoms with Gasteiger partial charge in [0.1, 0.15) is 5.75 Å². The van der Waals surface area contributed by atoms with Crippen LogP contribution >= 0.6 is 0 Å². The van der Waals surface area contributed by atoms with Crippen molar-refractivity contribution >= 4 is 11.9 Å². The summed E-state index contributed by atoms with van der Waals surface area (Å²) in [6, 6.07) is 7.82. The van der Waals surface area contributed by atoms with Crippen LogP contribution < -0.4 is 4.74 Å². The number of carbonyl (C=O) groups is 1. The molecule has 0 bridgehead atoms. The fourth-order valence-corrected chi connectivity index (χ4v) is 2.54. The molecule has 0 aromatic heterocycles. The van der Waals surface area contributed by atoms with E-state index in [1.54, 1.807) is 7.11 Å². The molecule has 19 heavy (non-hydrogen) atoms. The molecule has 0 aliphatic heterocycles. The average molecular weight is 259 g/mol. The molecule has 1 aromatic carbocycles. The van der Waals surface area contributed by atoms with Crippen LogP contribution in [0, 0.1) is 5.92 Å². The van der Waals surface area contributed by atoms with Crippen LogP contribution in [0.1, 0.15) is 18.4 Å². The molecule has 0 heterocycles. The second-order valence-electron chi connectivity index (χ2n) is 5.31. The summed E-state index contributed by atoms with van der Waals surface area (Å²) in [6.07, 6.45) is 3.85. The molecule has 0 N–H and O–H groups in total. The number of rotatable bonds is 4. The third kappa shape index (κ3) is 3.44. The van der Waals surface area contributed by atoms with Gasteiger partial charge in [-0.1, -0.05) is 12.1 Å². The summed E-state index contributed by atoms with van der Waals surface area (Å²) >= 11 is 0.